The zero-order valence-corrected chi connectivity index (χ0v) is 19.8. The Kier molecular flexibility index (Phi) is 7.52. The van der Waals surface area contributed by atoms with Crippen LogP contribution < -0.4 is 10.6 Å². The SMILES string of the molecule is Cc1ccc(C)c(NC(=O)CN(CCC(=O)Nc2nnc(C3CCCCC3)s2)C2CC2)c1. The highest BCUT2D eigenvalue weighted by molar-refractivity contribution is 7.15. The van der Waals surface area contributed by atoms with E-state index in [9.17, 15) is 9.59 Å². The fourth-order valence-electron chi connectivity index (χ4n) is 4.30. The van der Waals surface area contributed by atoms with Crippen LogP contribution >= 0.6 is 11.3 Å². The summed E-state index contributed by atoms with van der Waals surface area (Å²) >= 11 is 1.50. The smallest absolute Gasteiger partial charge is 0.238 e. The molecule has 1 aromatic carbocycles. The lowest BCUT2D eigenvalue weighted by Crippen LogP contribution is -2.37. The average Bonchev–Trinajstić information content (AvgIpc) is 3.53. The van der Waals surface area contributed by atoms with E-state index in [2.05, 4.69) is 25.7 Å². The summed E-state index contributed by atoms with van der Waals surface area (Å²) < 4.78 is 0. The molecule has 7 nitrogen and oxygen atoms in total. The van der Waals surface area contributed by atoms with Gasteiger partial charge in [-0.25, -0.2) is 0 Å². The van der Waals surface area contributed by atoms with Crippen molar-refractivity contribution in [2.24, 2.45) is 0 Å². The molecule has 2 aliphatic carbocycles. The molecule has 2 saturated carbocycles. The molecule has 1 heterocycles. The zero-order chi connectivity index (χ0) is 22.5. The molecule has 0 radical (unpaired) electrons. The topological polar surface area (TPSA) is 87.2 Å². The lowest BCUT2D eigenvalue weighted by molar-refractivity contribution is -0.119. The second-order valence-corrected chi connectivity index (χ2v) is 10.2. The van der Waals surface area contributed by atoms with Crippen molar-refractivity contribution >= 4 is 34.0 Å². The number of aryl methyl sites for hydroxylation is 2. The number of hydrogen-bond acceptors (Lipinski definition) is 6. The van der Waals surface area contributed by atoms with Crippen LogP contribution in [-0.4, -0.2) is 46.0 Å². The van der Waals surface area contributed by atoms with Gasteiger partial charge in [0.15, 0.2) is 0 Å². The summed E-state index contributed by atoms with van der Waals surface area (Å²) in [6, 6.07) is 6.44. The van der Waals surface area contributed by atoms with Crippen LogP contribution in [-0.2, 0) is 9.59 Å². The van der Waals surface area contributed by atoms with E-state index in [0.717, 1.165) is 34.7 Å². The van der Waals surface area contributed by atoms with E-state index in [1.54, 1.807) is 0 Å². The number of nitrogens with one attached hydrogen (secondary N) is 2. The van der Waals surface area contributed by atoms with Gasteiger partial charge in [0, 0.05) is 30.6 Å². The summed E-state index contributed by atoms with van der Waals surface area (Å²) in [7, 11) is 0. The van der Waals surface area contributed by atoms with Crippen LogP contribution in [0.4, 0.5) is 10.8 Å². The number of anilines is 2. The fraction of sp³-hybridized carbons (Fsp3) is 0.583. The second-order valence-electron chi connectivity index (χ2n) is 9.15. The predicted molar refractivity (Wildman–Crippen MR) is 128 cm³/mol. The van der Waals surface area contributed by atoms with Crippen LogP contribution in [0.2, 0.25) is 0 Å². The number of aromatic nitrogens is 2. The molecule has 0 atom stereocenters. The molecule has 4 rings (SSSR count). The van der Waals surface area contributed by atoms with Gasteiger partial charge in [0.2, 0.25) is 16.9 Å². The predicted octanol–water partition coefficient (Wildman–Crippen LogP) is 4.63. The maximum absolute atomic E-state index is 12.6. The molecule has 0 unspecified atom stereocenters. The minimum Gasteiger partial charge on any atom is -0.325 e. The number of benzene rings is 1. The average molecular weight is 456 g/mol. The Morgan fingerprint density at radius 1 is 1.03 bits per heavy atom. The van der Waals surface area contributed by atoms with Gasteiger partial charge in [0.1, 0.15) is 5.01 Å². The Labute approximate surface area is 194 Å². The molecule has 0 aliphatic heterocycles. The molecular weight excluding hydrogens is 422 g/mol. The summed E-state index contributed by atoms with van der Waals surface area (Å²) in [4.78, 5) is 27.3. The van der Waals surface area contributed by atoms with Crippen molar-refractivity contribution in [1.29, 1.82) is 0 Å². The minimum atomic E-state index is -0.0723. The lowest BCUT2D eigenvalue weighted by Gasteiger charge is -2.21. The lowest BCUT2D eigenvalue weighted by atomic mass is 9.90. The summed E-state index contributed by atoms with van der Waals surface area (Å²) in [6.45, 7) is 4.87. The van der Waals surface area contributed by atoms with Gasteiger partial charge in [-0.2, -0.15) is 0 Å². The monoisotopic (exact) mass is 455 g/mol. The first-order valence-corrected chi connectivity index (χ1v) is 12.5. The van der Waals surface area contributed by atoms with Crippen LogP contribution in [0, 0.1) is 13.8 Å². The van der Waals surface area contributed by atoms with E-state index in [4.69, 9.17) is 0 Å². The molecule has 2 aliphatic rings. The summed E-state index contributed by atoms with van der Waals surface area (Å²) in [5.74, 6) is 0.386. The van der Waals surface area contributed by atoms with Gasteiger partial charge in [-0.3, -0.25) is 14.5 Å². The third-order valence-corrected chi connectivity index (χ3v) is 7.35. The third-order valence-electron chi connectivity index (χ3n) is 6.34. The Morgan fingerprint density at radius 2 is 1.81 bits per heavy atom. The van der Waals surface area contributed by atoms with Crippen LogP contribution in [0.15, 0.2) is 18.2 Å². The molecule has 0 saturated heterocycles. The van der Waals surface area contributed by atoms with Crippen molar-refractivity contribution < 1.29 is 9.59 Å². The largest absolute Gasteiger partial charge is 0.325 e. The van der Waals surface area contributed by atoms with Gasteiger partial charge in [0.25, 0.3) is 0 Å². The van der Waals surface area contributed by atoms with E-state index in [0.29, 0.717) is 36.6 Å². The molecule has 2 fully saturated rings. The second kappa shape index (κ2) is 10.5. The highest BCUT2D eigenvalue weighted by atomic mass is 32.1. The summed E-state index contributed by atoms with van der Waals surface area (Å²) in [5, 5.41) is 16.0. The number of nitrogens with zero attached hydrogens (tertiary/aromatic N) is 3. The number of carbonyl (C=O) groups excluding carboxylic acids is 2. The number of hydrogen-bond donors (Lipinski definition) is 2. The van der Waals surface area contributed by atoms with Crippen LogP contribution in [0.1, 0.15) is 73.4 Å². The first kappa shape index (κ1) is 22.9. The Bertz CT molecular complexity index is 950. The van der Waals surface area contributed by atoms with Gasteiger partial charge >= 0.3 is 0 Å². The Morgan fingerprint density at radius 3 is 2.56 bits per heavy atom. The van der Waals surface area contributed by atoms with E-state index in [1.807, 2.05) is 32.0 Å². The van der Waals surface area contributed by atoms with Gasteiger partial charge in [-0.05, 0) is 56.7 Å². The summed E-state index contributed by atoms with van der Waals surface area (Å²) in [6.07, 6.45) is 8.65. The van der Waals surface area contributed by atoms with Crippen molar-refractivity contribution in [3.05, 3.63) is 34.3 Å². The normalized spacial score (nSPS) is 16.8. The maximum Gasteiger partial charge on any atom is 0.238 e. The van der Waals surface area contributed by atoms with Crippen molar-refractivity contribution in [1.82, 2.24) is 15.1 Å². The number of amides is 2. The van der Waals surface area contributed by atoms with Crippen molar-refractivity contribution in [3.8, 4) is 0 Å². The van der Waals surface area contributed by atoms with E-state index in [1.165, 1.54) is 43.4 Å². The molecule has 0 spiro atoms. The number of rotatable bonds is 9. The van der Waals surface area contributed by atoms with E-state index >= 15 is 0 Å². The molecule has 2 amide bonds. The van der Waals surface area contributed by atoms with Crippen molar-refractivity contribution in [3.63, 3.8) is 0 Å². The summed E-state index contributed by atoms with van der Waals surface area (Å²) in [5.41, 5.74) is 3.02. The zero-order valence-electron chi connectivity index (χ0n) is 19.0. The van der Waals surface area contributed by atoms with Crippen molar-refractivity contribution in [2.45, 2.75) is 77.2 Å². The van der Waals surface area contributed by atoms with Gasteiger partial charge in [0.05, 0.1) is 6.54 Å². The fourth-order valence-corrected chi connectivity index (χ4v) is 5.23. The molecule has 172 valence electrons. The third kappa shape index (κ3) is 6.36. The van der Waals surface area contributed by atoms with Gasteiger partial charge in [-0.1, -0.05) is 42.7 Å². The molecule has 2 aromatic rings. The first-order valence-electron chi connectivity index (χ1n) is 11.7. The molecule has 8 heteroatoms. The van der Waals surface area contributed by atoms with E-state index in [-0.39, 0.29) is 11.8 Å². The minimum absolute atomic E-state index is 0.0349. The quantitative estimate of drug-likeness (QED) is 0.575. The first-order chi connectivity index (χ1) is 15.5. The maximum atomic E-state index is 12.6. The Hall–Kier alpha value is -2.32. The van der Waals surface area contributed by atoms with Crippen LogP contribution in [0.3, 0.4) is 0 Å². The highest BCUT2D eigenvalue weighted by Gasteiger charge is 2.30. The molecule has 1 aromatic heterocycles. The molecule has 32 heavy (non-hydrogen) atoms. The van der Waals surface area contributed by atoms with E-state index < -0.39 is 0 Å². The highest BCUT2D eigenvalue weighted by Crippen LogP contribution is 2.35. The van der Waals surface area contributed by atoms with Crippen LogP contribution in [0.25, 0.3) is 0 Å². The van der Waals surface area contributed by atoms with Gasteiger partial charge in [-0.15, -0.1) is 10.2 Å². The van der Waals surface area contributed by atoms with Crippen molar-refractivity contribution in [2.75, 3.05) is 23.7 Å². The van der Waals surface area contributed by atoms with Gasteiger partial charge < -0.3 is 10.6 Å². The molecule has 0 bridgehead atoms. The Balaban J connectivity index is 1.25. The molecule has 2 N–H and O–H groups in total. The number of carbonyl (C=O) groups is 2. The van der Waals surface area contributed by atoms with Crippen LogP contribution in [0.5, 0.6) is 0 Å². The standard InChI is InChI=1S/C24H33N5O2S/c1-16-8-9-17(2)20(14-16)25-22(31)15-29(19-10-11-19)13-12-21(30)26-24-28-27-23(32-24)18-6-4-3-5-7-18/h8-9,14,18-19H,3-7,10-13,15H2,1-2H3,(H,25,31)(H,26,28,30). The molecular formula is C24H33N5O2S.